The lowest BCUT2D eigenvalue weighted by Crippen LogP contribution is -2.17. The molecule has 0 saturated heterocycles. The second-order valence-electron chi connectivity index (χ2n) is 4.45. The summed E-state index contributed by atoms with van der Waals surface area (Å²) in [4.78, 5) is 0. The molecular formula is C13H20FN5. The number of alkyl halides is 1. The molecule has 0 aliphatic carbocycles. The third-order valence-corrected chi connectivity index (χ3v) is 3.07. The van der Waals surface area contributed by atoms with Crippen LogP contribution in [0.2, 0.25) is 0 Å². The first-order valence-electron chi connectivity index (χ1n) is 6.55. The Morgan fingerprint density at radius 1 is 1.37 bits per heavy atom. The summed E-state index contributed by atoms with van der Waals surface area (Å²) in [5.41, 5.74) is 3.32. The van der Waals surface area contributed by atoms with Crippen LogP contribution in [-0.2, 0) is 26.2 Å². The van der Waals surface area contributed by atoms with Crippen molar-refractivity contribution in [1.82, 2.24) is 24.9 Å². The van der Waals surface area contributed by atoms with Crippen LogP contribution in [0.5, 0.6) is 0 Å². The molecule has 0 bridgehead atoms. The van der Waals surface area contributed by atoms with Crippen molar-refractivity contribution in [3.8, 4) is 0 Å². The van der Waals surface area contributed by atoms with Gasteiger partial charge in [-0.3, -0.25) is 9.36 Å². The largest absolute Gasteiger partial charge is 0.305 e. The van der Waals surface area contributed by atoms with Gasteiger partial charge in [-0.15, -0.1) is 0 Å². The summed E-state index contributed by atoms with van der Waals surface area (Å²) in [7, 11) is 0. The van der Waals surface area contributed by atoms with Crippen LogP contribution >= 0.6 is 0 Å². The maximum Gasteiger partial charge on any atom is 0.109 e. The van der Waals surface area contributed by atoms with E-state index in [4.69, 9.17) is 0 Å². The van der Waals surface area contributed by atoms with Crippen molar-refractivity contribution in [2.45, 2.75) is 40.0 Å². The fourth-order valence-corrected chi connectivity index (χ4v) is 2.03. The van der Waals surface area contributed by atoms with Crippen molar-refractivity contribution in [1.29, 1.82) is 0 Å². The zero-order valence-electron chi connectivity index (χ0n) is 11.4. The molecule has 5 nitrogen and oxygen atoms in total. The van der Waals surface area contributed by atoms with Crippen LogP contribution in [-0.4, -0.2) is 26.2 Å². The number of hydrogen-bond donors (Lipinski definition) is 1. The molecule has 104 valence electrons. The Morgan fingerprint density at radius 2 is 2.21 bits per heavy atom. The first kappa shape index (κ1) is 13.7. The molecule has 0 amide bonds. The van der Waals surface area contributed by atoms with E-state index in [1.165, 1.54) is 11.3 Å². The summed E-state index contributed by atoms with van der Waals surface area (Å²) in [5, 5.41) is 11.9. The molecule has 0 spiro atoms. The van der Waals surface area contributed by atoms with Crippen LogP contribution in [0.4, 0.5) is 4.39 Å². The van der Waals surface area contributed by atoms with Gasteiger partial charge in [0.1, 0.15) is 6.67 Å². The molecule has 0 fully saturated rings. The van der Waals surface area contributed by atoms with Crippen LogP contribution in [0.25, 0.3) is 0 Å². The molecule has 0 aliphatic heterocycles. The highest BCUT2D eigenvalue weighted by Crippen LogP contribution is 2.07. The van der Waals surface area contributed by atoms with E-state index in [1.54, 1.807) is 10.9 Å². The van der Waals surface area contributed by atoms with Crippen LogP contribution in [0.1, 0.15) is 23.9 Å². The highest BCUT2D eigenvalue weighted by molar-refractivity contribution is 5.15. The first-order chi connectivity index (χ1) is 9.24. The second kappa shape index (κ2) is 6.47. The fourth-order valence-electron chi connectivity index (χ4n) is 2.03. The highest BCUT2D eigenvalue weighted by atomic mass is 19.1. The van der Waals surface area contributed by atoms with Gasteiger partial charge in [0, 0.05) is 25.8 Å². The third kappa shape index (κ3) is 3.41. The summed E-state index contributed by atoms with van der Waals surface area (Å²) in [6.07, 6.45) is 3.69. The summed E-state index contributed by atoms with van der Waals surface area (Å²) < 4.78 is 15.8. The van der Waals surface area contributed by atoms with E-state index < -0.39 is 0 Å². The zero-order valence-corrected chi connectivity index (χ0v) is 11.4. The molecule has 1 N–H and O–H groups in total. The fraction of sp³-hybridized carbons (Fsp3) is 0.538. The van der Waals surface area contributed by atoms with Gasteiger partial charge in [-0.05, 0) is 25.5 Å². The molecule has 0 atom stereocenters. The topological polar surface area (TPSA) is 47.7 Å². The monoisotopic (exact) mass is 265 g/mol. The average Bonchev–Trinajstić information content (AvgIpc) is 2.98. The zero-order chi connectivity index (χ0) is 13.7. The third-order valence-electron chi connectivity index (χ3n) is 3.07. The number of aryl methyl sites for hydroxylation is 3. The van der Waals surface area contributed by atoms with Gasteiger partial charge in [0.05, 0.1) is 24.1 Å². The average molecular weight is 265 g/mol. The second-order valence-corrected chi connectivity index (χ2v) is 4.45. The van der Waals surface area contributed by atoms with Crippen molar-refractivity contribution >= 4 is 0 Å². The maximum atomic E-state index is 12.2. The minimum Gasteiger partial charge on any atom is -0.305 e. The van der Waals surface area contributed by atoms with E-state index in [-0.39, 0.29) is 6.67 Å². The van der Waals surface area contributed by atoms with E-state index in [1.807, 2.05) is 16.9 Å². The molecule has 0 aliphatic rings. The highest BCUT2D eigenvalue weighted by Gasteiger charge is 2.06. The molecule has 0 saturated carbocycles. The Morgan fingerprint density at radius 3 is 2.95 bits per heavy atom. The quantitative estimate of drug-likeness (QED) is 0.828. The van der Waals surface area contributed by atoms with Crippen molar-refractivity contribution < 1.29 is 4.39 Å². The van der Waals surface area contributed by atoms with Crippen LogP contribution < -0.4 is 5.32 Å². The number of nitrogens with zero attached hydrogens (tertiary/aromatic N) is 4. The number of hydrogen-bond acceptors (Lipinski definition) is 3. The number of rotatable bonds is 7. The summed E-state index contributed by atoms with van der Waals surface area (Å²) in [6.45, 7) is 6.38. The Kier molecular flexibility index (Phi) is 4.68. The molecule has 6 heteroatoms. The normalized spacial score (nSPS) is 11.1. The van der Waals surface area contributed by atoms with Gasteiger partial charge in [-0.1, -0.05) is 0 Å². The van der Waals surface area contributed by atoms with Crippen molar-refractivity contribution in [3.63, 3.8) is 0 Å². The smallest absolute Gasteiger partial charge is 0.109 e. The van der Waals surface area contributed by atoms with Crippen molar-refractivity contribution in [2.75, 3.05) is 6.67 Å². The first-order valence-corrected chi connectivity index (χ1v) is 6.55. The molecule has 2 aromatic rings. The predicted octanol–water partition coefficient (Wildman–Crippen LogP) is 1.67. The molecular weight excluding hydrogens is 245 g/mol. The summed E-state index contributed by atoms with van der Waals surface area (Å²) in [5.74, 6) is 0. The molecule has 19 heavy (non-hydrogen) atoms. The van der Waals surface area contributed by atoms with Gasteiger partial charge < -0.3 is 5.32 Å². The number of nitrogens with one attached hydrogen (secondary N) is 1. The van der Waals surface area contributed by atoms with Crippen LogP contribution in [0, 0.1) is 6.92 Å². The lowest BCUT2D eigenvalue weighted by atomic mass is 10.2. The van der Waals surface area contributed by atoms with Crippen molar-refractivity contribution in [2.24, 2.45) is 0 Å². The van der Waals surface area contributed by atoms with Crippen molar-refractivity contribution in [3.05, 3.63) is 35.4 Å². The van der Waals surface area contributed by atoms with E-state index in [2.05, 4.69) is 29.4 Å². The number of aromatic nitrogens is 4. The minimum atomic E-state index is -0.385. The molecule has 0 radical (unpaired) electrons. The molecule has 2 rings (SSSR count). The van der Waals surface area contributed by atoms with E-state index in [0.717, 1.165) is 18.8 Å². The Balaban J connectivity index is 1.87. The Hall–Kier alpha value is -1.69. The molecule has 0 unspecified atom stereocenters. The van der Waals surface area contributed by atoms with Crippen LogP contribution in [0.3, 0.4) is 0 Å². The van der Waals surface area contributed by atoms with E-state index in [9.17, 15) is 4.39 Å². The minimum absolute atomic E-state index is 0.321. The molecule has 0 aromatic carbocycles. The maximum absolute atomic E-state index is 12.2. The predicted molar refractivity (Wildman–Crippen MR) is 71.4 cm³/mol. The lowest BCUT2D eigenvalue weighted by Gasteiger charge is -2.07. The lowest BCUT2D eigenvalue weighted by molar-refractivity contribution is 0.425. The summed E-state index contributed by atoms with van der Waals surface area (Å²) in [6, 6.07) is 1.91. The van der Waals surface area contributed by atoms with Gasteiger partial charge >= 0.3 is 0 Å². The molecule has 2 heterocycles. The Labute approximate surface area is 112 Å². The standard InChI is InChI=1S/C13H20FN5/c1-3-19-13(11(2)8-16-19)10-15-9-12-4-6-18(17-12)7-5-14/h4,6,8,15H,3,5,7,9-10H2,1-2H3. The SMILES string of the molecule is CCn1ncc(C)c1CNCc1ccn(CCF)n1. The van der Waals surface area contributed by atoms with E-state index in [0.29, 0.717) is 13.1 Å². The van der Waals surface area contributed by atoms with E-state index >= 15 is 0 Å². The Bertz CT molecular complexity index is 517. The van der Waals surface area contributed by atoms with Gasteiger partial charge in [-0.25, -0.2) is 4.39 Å². The van der Waals surface area contributed by atoms with Gasteiger partial charge in [0.2, 0.25) is 0 Å². The van der Waals surface area contributed by atoms with Gasteiger partial charge in [0.25, 0.3) is 0 Å². The summed E-state index contributed by atoms with van der Waals surface area (Å²) >= 11 is 0. The van der Waals surface area contributed by atoms with Crippen LogP contribution in [0.15, 0.2) is 18.5 Å². The van der Waals surface area contributed by atoms with Gasteiger partial charge in [0.15, 0.2) is 0 Å². The van der Waals surface area contributed by atoms with Gasteiger partial charge in [-0.2, -0.15) is 10.2 Å². The number of halogens is 1. The molecule has 2 aromatic heterocycles.